The minimum Gasteiger partial charge on any atom is -0.366 e. The second-order valence-corrected chi connectivity index (χ2v) is 4.32. The fraction of sp³-hybridized carbons (Fsp3) is 0.0625. The van der Waals surface area contributed by atoms with E-state index in [0.29, 0.717) is 17.6 Å². The Bertz CT molecular complexity index is 723. The van der Waals surface area contributed by atoms with Crippen molar-refractivity contribution >= 4 is 16.8 Å². The first-order chi connectivity index (χ1) is 10.2. The largest absolute Gasteiger partial charge is 0.366 e. The van der Waals surface area contributed by atoms with Crippen molar-refractivity contribution in [3.63, 3.8) is 0 Å². The molecule has 1 aromatic heterocycles. The Morgan fingerprint density at radius 3 is 2.43 bits per heavy atom. The fourth-order valence-corrected chi connectivity index (χ4v) is 1.83. The standard InChI is InChI=1S/C9H7N3O.C7H9N/c10-9(13)7-3-1-2-6-4-11-5-12-8(6)7;8-6-7-4-2-1-3-5-7/h1-5H,(H2,10,13);1-5H,6,8H2. The van der Waals surface area contributed by atoms with E-state index >= 15 is 0 Å². The Kier molecular flexibility index (Phi) is 4.95. The van der Waals surface area contributed by atoms with Crippen LogP contribution in [0.5, 0.6) is 0 Å². The second kappa shape index (κ2) is 7.12. The van der Waals surface area contributed by atoms with E-state index in [4.69, 9.17) is 11.5 Å². The SMILES string of the molecule is NC(=O)c1cccc2cncnc12.NCc1ccccc1. The number of carbonyl (C=O) groups excluding carboxylic acids is 1. The summed E-state index contributed by atoms with van der Waals surface area (Å²) in [6.45, 7) is 0.640. The number of para-hydroxylation sites is 1. The molecule has 5 heteroatoms. The van der Waals surface area contributed by atoms with Crippen LogP contribution in [0.15, 0.2) is 61.1 Å². The number of benzene rings is 2. The molecule has 0 saturated carbocycles. The van der Waals surface area contributed by atoms with Crippen LogP contribution in [-0.4, -0.2) is 15.9 Å². The lowest BCUT2D eigenvalue weighted by atomic mass is 10.1. The quantitative estimate of drug-likeness (QED) is 0.749. The molecule has 0 saturated heterocycles. The van der Waals surface area contributed by atoms with Gasteiger partial charge in [-0.25, -0.2) is 9.97 Å². The molecule has 5 nitrogen and oxygen atoms in total. The van der Waals surface area contributed by atoms with Crippen LogP contribution in [0.2, 0.25) is 0 Å². The Labute approximate surface area is 122 Å². The monoisotopic (exact) mass is 280 g/mol. The zero-order chi connectivity index (χ0) is 15.1. The minimum atomic E-state index is -0.468. The Morgan fingerprint density at radius 1 is 1.05 bits per heavy atom. The van der Waals surface area contributed by atoms with Crippen LogP contribution >= 0.6 is 0 Å². The molecule has 21 heavy (non-hydrogen) atoms. The average molecular weight is 280 g/mol. The summed E-state index contributed by atoms with van der Waals surface area (Å²) in [6, 6.07) is 15.2. The topological polar surface area (TPSA) is 94.9 Å². The molecule has 0 aliphatic rings. The Hall–Kier alpha value is -2.79. The van der Waals surface area contributed by atoms with Crippen molar-refractivity contribution in [2.24, 2.45) is 11.5 Å². The zero-order valence-corrected chi connectivity index (χ0v) is 11.4. The molecule has 1 heterocycles. The molecule has 0 fully saturated rings. The van der Waals surface area contributed by atoms with Crippen molar-refractivity contribution in [2.75, 3.05) is 0 Å². The lowest BCUT2D eigenvalue weighted by molar-refractivity contribution is 0.100. The molecule has 0 radical (unpaired) electrons. The number of aromatic nitrogens is 2. The highest BCUT2D eigenvalue weighted by molar-refractivity contribution is 6.04. The van der Waals surface area contributed by atoms with E-state index in [1.807, 2.05) is 36.4 Å². The van der Waals surface area contributed by atoms with Crippen molar-refractivity contribution in [3.05, 3.63) is 72.2 Å². The fourth-order valence-electron chi connectivity index (χ4n) is 1.83. The molecule has 0 bridgehead atoms. The van der Waals surface area contributed by atoms with Gasteiger partial charge in [0.05, 0.1) is 11.1 Å². The normalized spacial score (nSPS) is 9.76. The van der Waals surface area contributed by atoms with Gasteiger partial charge in [-0.15, -0.1) is 0 Å². The van der Waals surface area contributed by atoms with Crippen LogP contribution < -0.4 is 11.5 Å². The minimum absolute atomic E-state index is 0.430. The van der Waals surface area contributed by atoms with Gasteiger partial charge >= 0.3 is 0 Å². The van der Waals surface area contributed by atoms with Gasteiger partial charge in [0.1, 0.15) is 6.33 Å². The third kappa shape index (κ3) is 3.84. The Morgan fingerprint density at radius 2 is 1.81 bits per heavy atom. The van der Waals surface area contributed by atoms with Crippen molar-refractivity contribution in [1.82, 2.24) is 9.97 Å². The summed E-state index contributed by atoms with van der Waals surface area (Å²) in [4.78, 5) is 18.8. The van der Waals surface area contributed by atoms with Crippen LogP contribution in [0, 0.1) is 0 Å². The van der Waals surface area contributed by atoms with Crippen LogP contribution in [0.3, 0.4) is 0 Å². The summed E-state index contributed by atoms with van der Waals surface area (Å²) in [5.74, 6) is -0.468. The summed E-state index contributed by atoms with van der Waals surface area (Å²) >= 11 is 0. The summed E-state index contributed by atoms with van der Waals surface area (Å²) < 4.78 is 0. The van der Waals surface area contributed by atoms with Crippen molar-refractivity contribution in [2.45, 2.75) is 6.54 Å². The maximum Gasteiger partial charge on any atom is 0.250 e. The maximum atomic E-state index is 11.0. The van der Waals surface area contributed by atoms with E-state index in [2.05, 4.69) is 9.97 Å². The number of carbonyl (C=O) groups is 1. The van der Waals surface area contributed by atoms with Gasteiger partial charge in [-0.2, -0.15) is 0 Å². The number of primary amides is 1. The molecular formula is C16H16N4O. The second-order valence-electron chi connectivity index (χ2n) is 4.32. The molecule has 3 aromatic rings. The lowest BCUT2D eigenvalue weighted by Gasteiger charge is -1.99. The summed E-state index contributed by atoms with van der Waals surface area (Å²) in [6.07, 6.45) is 3.05. The molecule has 1 amide bonds. The molecule has 0 aliphatic carbocycles. The molecule has 4 N–H and O–H groups in total. The smallest absolute Gasteiger partial charge is 0.250 e. The predicted octanol–water partition coefficient (Wildman–Crippen LogP) is 1.87. The molecule has 0 atom stereocenters. The number of nitrogens with two attached hydrogens (primary N) is 2. The molecule has 0 spiro atoms. The average Bonchev–Trinajstić information content (AvgIpc) is 2.55. The number of hydrogen-bond donors (Lipinski definition) is 2. The number of nitrogens with zero attached hydrogens (tertiary/aromatic N) is 2. The first-order valence-electron chi connectivity index (χ1n) is 6.45. The van der Waals surface area contributed by atoms with Crippen molar-refractivity contribution < 1.29 is 4.79 Å². The number of rotatable bonds is 2. The van der Waals surface area contributed by atoms with E-state index in [1.165, 1.54) is 11.9 Å². The number of amides is 1. The molecule has 0 unspecified atom stereocenters. The first-order valence-corrected chi connectivity index (χ1v) is 6.45. The van der Waals surface area contributed by atoms with Crippen LogP contribution in [0.1, 0.15) is 15.9 Å². The van der Waals surface area contributed by atoms with E-state index < -0.39 is 5.91 Å². The maximum absolute atomic E-state index is 11.0. The number of fused-ring (bicyclic) bond motifs is 1. The van der Waals surface area contributed by atoms with Gasteiger partial charge in [-0.3, -0.25) is 4.79 Å². The lowest BCUT2D eigenvalue weighted by Crippen LogP contribution is -2.11. The van der Waals surface area contributed by atoms with Gasteiger partial charge in [0.2, 0.25) is 0 Å². The van der Waals surface area contributed by atoms with Gasteiger partial charge in [-0.1, -0.05) is 42.5 Å². The van der Waals surface area contributed by atoms with Gasteiger partial charge in [-0.05, 0) is 11.6 Å². The van der Waals surface area contributed by atoms with Gasteiger partial charge in [0.25, 0.3) is 5.91 Å². The van der Waals surface area contributed by atoms with E-state index in [9.17, 15) is 4.79 Å². The third-order valence-corrected chi connectivity index (χ3v) is 2.88. The van der Waals surface area contributed by atoms with E-state index in [0.717, 1.165) is 5.39 Å². The summed E-state index contributed by atoms with van der Waals surface area (Å²) in [5, 5.41) is 0.818. The van der Waals surface area contributed by atoms with Crippen LogP contribution in [0.25, 0.3) is 10.9 Å². The molecule has 0 aliphatic heterocycles. The number of hydrogen-bond acceptors (Lipinski definition) is 4. The van der Waals surface area contributed by atoms with E-state index in [1.54, 1.807) is 18.3 Å². The van der Waals surface area contributed by atoms with Gasteiger partial charge < -0.3 is 11.5 Å². The van der Waals surface area contributed by atoms with Gasteiger partial charge in [0, 0.05) is 18.1 Å². The highest BCUT2D eigenvalue weighted by Gasteiger charge is 2.05. The highest BCUT2D eigenvalue weighted by atomic mass is 16.1. The summed E-state index contributed by atoms with van der Waals surface area (Å²) in [7, 11) is 0. The molecule has 3 rings (SSSR count). The molecular weight excluding hydrogens is 264 g/mol. The Balaban J connectivity index is 0.000000173. The van der Waals surface area contributed by atoms with E-state index in [-0.39, 0.29) is 0 Å². The van der Waals surface area contributed by atoms with Gasteiger partial charge in [0.15, 0.2) is 0 Å². The zero-order valence-electron chi connectivity index (χ0n) is 11.4. The van der Waals surface area contributed by atoms with Crippen molar-refractivity contribution in [1.29, 1.82) is 0 Å². The predicted molar refractivity (Wildman–Crippen MR) is 82.4 cm³/mol. The molecule has 2 aromatic carbocycles. The van der Waals surface area contributed by atoms with Crippen LogP contribution in [0.4, 0.5) is 0 Å². The third-order valence-electron chi connectivity index (χ3n) is 2.88. The highest BCUT2D eigenvalue weighted by Crippen LogP contribution is 2.13. The van der Waals surface area contributed by atoms with Crippen molar-refractivity contribution in [3.8, 4) is 0 Å². The summed E-state index contributed by atoms with van der Waals surface area (Å²) in [5.41, 5.74) is 12.8. The molecule has 106 valence electrons. The first kappa shape index (κ1) is 14.6. The van der Waals surface area contributed by atoms with Crippen LogP contribution in [-0.2, 0) is 6.54 Å².